The molecule has 0 aromatic heterocycles. The van der Waals surface area contributed by atoms with Crippen molar-refractivity contribution in [2.75, 3.05) is 18.1 Å². The Labute approximate surface area is 124 Å². The highest BCUT2D eigenvalue weighted by Gasteiger charge is 2.11. The molecule has 102 valence electrons. The molecule has 0 radical (unpaired) electrons. The van der Waals surface area contributed by atoms with Gasteiger partial charge in [-0.3, -0.25) is 0 Å². The van der Waals surface area contributed by atoms with Crippen LogP contribution in [0.25, 0.3) is 0 Å². The van der Waals surface area contributed by atoms with Crippen molar-refractivity contribution in [3.8, 4) is 5.75 Å². The molecule has 0 aliphatic heterocycles. The topological polar surface area (TPSA) is 63.6 Å². The van der Waals surface area contributed by atoms with Crippen molar-refractivity contribution in [1.29, 1.82) is 0 Å². The third-order valence-electron chi connectivity index (χ3n) is 2.32. The molecular weight excluding hydrogens is 388 g/mol. The van der Waals surface area contributed by atoms with E-state index in [1.165, 1.54) is 0 Å². The van der Waals surface area contributed by atoms with E-state index >= 15 is 0 Å². The standard InChI is InChI=1S/C11H14Br2O4S/c1-2-18(15,16)4-3-17-11-9(12)5-8(7-14)6-10(11)13/h5-6,14H,2-4,7H2,1H3. The van der Waals surface area contributed by atoms with Crippen LogP contribution in [0.15, 0.2) is 21.1 Å². The lowest BCUT2D eigenvalue weighted by Crippen LogP contribution is -2.15. The van der Waals surface area contributed by atoms with E-state index in [0.717, 1.165) is 5.56 Å². The van der Waals surface area contributed by atoms with E-state index in [2.05, 4.69) is 31.9 Å². The summed E-state index contributed by atoms with van der Waals surface area (Å²) in [5.74, 6) is 0.644. The second kappa shape index (κ2) is 6.88. The van der Waals surface area contributed by atoms with Crippen LogP contribution in [-0.2, 0) is 16.4 Å². The molecule has 1 aromatic rings. The molecule has 1 rings (SSSR count). The van der Waals surface area contributed by atoms with Gasteiger partial charge in [0.05, 0.1) is 21.3 Å². The van der Waals surface area contributed by atoms with Gasteiger partial charge in [0.1, 0.15) is 12.4 Å². The Balaban J connectivity index is 2.74. The Bertz CT molecular complexity index is 491. The Morgan fingerprint density at radius 2 is 1.83 bits per heavy atom. The SMILES string of the molecule is CCS(=O)(=O)CCOc1c(Br)cc(CO)cc1Br. The number of hydrogen-bond donors (Lipinski definition) is 1. The Morgan fingerprint density at radius 1 is 1.28 bits per heavy atom. The zero-order chi connectivity index (χ0) is 13.8. The fourth-order valence-corrected chi connectivity index (χ4v) is 3.39. The summed E-state index contributed by atoms with van der Waals surface area (Å²) < 4.78 is 29.4. The van der Waals surface area contributed by atoms with Crippen molar-refractivity contribution in [2.24, 2.45) is 0 Å². The minimum atomic E-state index is -3.02. The first-order chi connectivity index (χ1) is 8.39. The molecule has 0 aliphatic carbocycles. The molecular formula is C11H14Br2O4S. The lowest BCUT2D eigenvalue weighted by Gasteiger charge is -2.11. The molecule has 4 nitrogen and oxygen atoms in total. The van der Waals surface area contributed by atoms with Gasteiger partial charge in [-0.1, -0.05) is 6.92 Å². The summed E-state index contributed by atoms with van der Waals surface area (Å²) in [4.78, 5) is 0. The van der Waals surface area contributed by atoms with Crippen LogP contribution < -0.4 is 4.74 Å². The molecule has 0 fully saturated rings. The van der Waals surface area contributed by atoms with E-state index in [-0.39, 0.29) is 24.7 Å². The van der Waals surface area contributed by atoms with Gasteiger partial charge < -0.3 is 9.84 Å². The van der Waals surface area contributed by atoms with E-state index in [4.69, 9.17) is 9.84 Å². The molecule has 0 heterocycles. The predicted octanol–water partition coefficient (Wildman–Crippen LogP) is 2.52. The Kier molecular flexibility index (Phi) is 6.10. The highest BCUT2D eigenvalue weighted by atomic mass is 79.9. The van der Waals surface area contributed by atoms with Gasteiger partial charge >= 0.3 is 0 Å². The quantitative estimate of drug-likeness (QED) is 0.795. The molecule has 1 N–H and O–H groups in total. The van der Waals surface area contributed by atoms with Crippen molar-refractivity contribution in [3.05, 3.63) is 26.6 Å². The largest absolute Gasteiger partial charge is 0.490 e. The molecule has 0 bridgehead atoms. The van der Waals surface area contributed by atoms with E-state index in [0.29, 0.717) is 14.7 Å². The molecule has 0 spiro atoms. The second-order valence-corrected chi connectivity index (χ2v) is 7.81. The van der Waals surface area contributed by atoms with Crippen molar-refractivity contribution < 1.29 is 18.3 Å². The molecule has 0 saturated carbocycles. The summed E-state index contributed by atoms with van der Waals surface area (Å²) in [6, 6.07) is 3.46. The lowest BCUT2D eigenvalue weighted by atomic mass is 10.2. The minimum absolute atomic E-state index is 0.00979. The van der Waals surface area contributed by atoms with Gasteiger partial charge in [-0.2, -0.15) is 0 Å². The number of rotatable bonds is 6. The monoisotopic (exact) mass is 400 g/mol. The summed E-state index contributed by atoms with van der Waals surface area (Å²) in [5, 5.41) is 9.03. The zero-order valence-electron chi connectivity index (χ0n) is 9.82. The second-order valence-electron chi connectivity index (χ2n) is 3.63. The average Bonchev–Trinajstić information content (AvgIpc) is 2.32. The van der Waals surface area contributed by atoms with Crippen LogP contribution >= 0.6 is 31.9 Å². The van der Waals surface area contributed by atoms with E-state index in [9.17, 15) is 8.42 Å². The molecule has 18 heavy (non-hydrogen) atoms. The van der Waals surface area contributed by atoms with Crippen molar-refractivity contribution in [3.63, 3.8) is 0 Å². The van der Waals surface area contributed by atoms with Crippen LogP contribution in [-0.4, -0.2) is 31.6 Å². The van der Waals surface area contributed by atoms with Crippen molar-refractivity contribution in [2.45, 2.75) is 13.5 Å². The van der Waals surface area contributed by atoms with Crippen LogP contribution in [0.4, 0.5) is 0 Å². The van der Waals surface area contributed by atoms with Gasteiger partial charge in [-0.05, 0) is 49.6 Å². The molecule has 0 unspecified atom stereocenters. The van der Waals surface area contributed by atoms with Gasteiger partial charge in [0.2, 0.25) is 0 Å². The van der Waals surface area contributed by atoms with E-state index in [1.807, 2.05) is 0 Å². The number of aliphatic hydroxyl groups excluding tert-OH is 1. The highest BCUT2D eigenvalue weighted by Crippen LogP contribution is 2.34. The van der Waals surface area contributed by atoms with Gasteiger partial charge in [0, 0.05) is 5.75 Å². The maximum absolute atomic E-state index is 11.3. The summed E-state index contributed by atoms with van der Waals surface area (Å²) in [7, 11) is -3.02. The third kappa shape index (κ3) is 4.53. The van der Waals surface area contributed by atoms with E-state index in [1.54, 1.807) is 19.1 Å². The molecule has 1 aromatic carbocycles. The predicted molar refractivity (Wildman–Crippen MR) is 77.6 cm³/mol. The Morgan fingerprint density at radius 3 is 2.28 bits per heavy atom. The number of hydrogen-bond acceptors (Lipinski definition) is 4. The number of benzene rings is 1. The normalized spacial score (nSPS) is 11.6. The maximum Gasteiger partial charge on any atom is 0.153 e. The van der Waals surface area contributed by atoms with Gasteiger partial charge in [0.25, 0.3) is 0 Å². The van der Waals surface area contributed by atoms with Gasteiger partial charge in [-0.25, -0.2) is 8.42 Å². The zero-order valence-corrected chi connectivity index (χ0v) is 13.8. The molecule has 0 aliphatic rings. The van der Waals surface area contributed by atoms with Gasteiger partial charge in [0.15, 0.2) is 9.84 Å². The van der Waals surface area contributed by atoms with Gasteiger partial charge in [-0.15, -0.1) is 0 Å². The fraction of sp³-hybridized carbons (Fsp3) is 0.455. The number of ether oxygens (including phenoxy) is 1. The molecule has 7 heteroatoms. The van der Waals surface area contributed by atoms with Crippen LogP contribution in [0.3, 0.4) is 0 Å². The lowest BCUT2D eigenvalue weighted by molar-refractivity contribution is 0.281. The molecule has 0 amide bonds. The Hall–Kier alpha value is -0.110. The summed E-state index contributed by atoms with van der Waals surface area (Å²) in [6.45, 7) is 1.64. The average molecular weight is 402 g/mol. The first-order valence-electron chi connectivity index (χ1n) is 5.31. The van der Waals surface area contributed by atoms with Crippen LogP contribution in [0, 0.1) is 0 Å². The molecule has 0 atom stereocenters. The van der Waals surface area contributed by atoms with Crippen molar-refractivity contribution in [1.82, 2.24) is 0 Å². The molecule has 0 saturated heterocycles. The summed E-state index contributed by atoms with van der Waals surface area (Å²) >= 11 is 6.64. The first kappa shape index (κ1) is 15.9. The maximum atomic E-state index is 11.3. The number of aliphatic hydroxyl groups is 1. The van der Waals surface area contributed by atoms with Crippen molar-refractivity contribution >= 4 is 41.7 Å². The fourth-order valence-electron chi connectivity index (χ4n) is 1.26. The number of halogens is 2. The van der Waals surface area contributed by atoms with E-state index < -0.39 is 9.84 Å². The minimum Gasteiger partial charge on any atom is -0.490 e. The van der Waals surface area contributed by atoms with Crippen LogP contribution in [0.2, 0.25) is 0 Å². The highest BCUT2D eigenvalue weighted by molar-refractivity contribution is 9.11. The summed E-state index contributed by atoms with van der Waals surface area (Å²) in [5.41, 5.74) is 0.738. The third-order valence-corrected chi connectivity index (χ3v) is 5.17. The number of sulfone groups is 1. The first-order valence-corrected chi connectivity index (χ1v) is 8.72. The summed E-state index contributed by atoms with van der Waals surface area (Å²) in [6.07, 6.45) is 0. The van der Waals surface area contributed by atoms with Crippen LogP contribution in [0.1, 0.15) is 12.5 Å². The van der Waals surface area contributed by atoms with Crippen LogP contribution in [0.5, 0.6) is 5.75 Å². The smallest absolute Gasteiger partial charge is 0.153 e.